The Kier molecular flexibility index (Phi) is 6.97. The van der Waals surface area contributed by atoms with Crippen LogP contribution in [0.25, 0.3) is 0 Å². The maximum absolute atomic E-state index is 13.4. The maximum atomic E-state index is 13.4. The van der Waals surface area contributed by atoms with E-state index in [9.17, 15) is 19.1 Å². The lowest BCUT2D eigenvalue weighted by Crippen LogP contribution is -2.55. The van der Waals surface area contributed by atoms with E-state index >= 15 is 0 Å². The highest BCUT2D eigenvalue weighted by Crippen LogP contribution is 2.46. The minimum absolute atomic E-state index is 0.0232. The summed E-state index contributed by atoms with van der Waals surface area (Å²) in [4.78, 5) is 26.6. The van der Waals surface area contributed by atoms with Crippen LogP contribution in [0.15, 0.2) is 72.8 Å². The number of hydrogen-bond donors (Lipinski definition) is 1. The third kappa shape index (κ3) is 5.19. The van der Waals surface area contributed by atoms with Crippen LogP contribution in [0, 0.1) is 15.3 Å². The van der Waals surface area contributed by atoms with Crippen molar-refractivity contribution < 1.29 is 23.8 Å². The standard InChI is InChI=1S/C26H23FINO4/c1-16(30)33-24(17-2-6-19(27)7-3-17)15-14-23-25(18-4-8-20(28)9-5-18)29(26(23)32)21-10-12-22(31)13-11-21/h2-13,23-25,31H,14-15H2,1H3/t23-,24+,25-/m1/s1. The normalized spacial score (nSPS) is 18.5. The van der Waals surface area contributed by atoms with Crippen LogP contribution < -0.4 is 4.90 Å². The van der Waals surface area contributed by atoms with E-state index in [0.29, 0.717) is 24.1 Å². The van der Waals surface area contributed by atoms with Crippen molar-refractivity contribution in [1.29, 1.82) is 0 Å². The number of esters is 1. The monoisotopic (exact) mass is 559 g/mol. The molecule has 1 N–H and O–H groups in total. The number of β-lactam (4-membered cyclic amide) rings is 1. The van der Waals surface area contributed by atoms with Gasteiger partial charge in [-0.1, -0.05) is 24.3 Å². The summed E-state index contributed by atoms with van der Waals surface area (Å²) in [6.07, 6.45) is 0.377. The van der Waals surface area contributed by atoms with Gasteiger partial charge in [-0.25, -0.2) is 4.39 Å². The van der Waals surface area contributed by atoms with Gasteiger partial charge >= 0.3 is 5.97 Å². The van der Waals surface area contributed by atoms with Crippen molar-refractivity contribution in [3.05, 3.63) is 93.3 Å². The largest absolute Gasteiger partial charge is 0.508 e. The molecule has 1 aliphatic rings. The molecule has 3 atom stereocenters. The molecule has 3 aromatic rings. The van der Waals surface area contributed by atoms with E-state index in [1.165, 1.54) is 19.1 Å². The van der Waals surface area contributed by atoms with Gasteiger partial charge in [-0.15, -0.1) is 0 Å². The summed E-state index contributed by atoms with van der Waals surface area (Å²) in [5, 5.41) is 9.63. The number of carbonyl (C=O) groups is 2. The van der Waals surface area contributed by atoms with Gasteiger partial charge in [-0.2, -0.15) is 0 Å². The van der Waals surface area contributed by atoms with Gasteiger partial charge in [0.05, 0.1) is 12.0 Å². The van der Waals surface area contributed by atoms with E-state index < -0.39 is 12.1 Å². The van der Waals surface area contributed by atoms with Gasteiger partial charge in [0.15, 0.2) is 0 Å². The predicted octanol–water partition coefficient (Wildman–Crippen LogP) is 5.92. The van der Waals surface area contributed by atoms with Crippen molar-refractivity contribution >= 4 is 40.2 Å². The first kappa shape index (κ1) is 23.2. The number of benzene rings is 3. The van der Waals surface area contributed by atoms with Crippen molar-refractivity contribution in [2.45, 2.75) is 31.9 Å². The van der Waals surface area contributed by atoms with E-state index in [2.05, 4.69) is 22.6 Å². The number of phenolic OH excluding ortho intramolecular Hbond substituents is 1. The van der Waals surface area contributed by atoms with Crippen LogP contribution in [0.2, 0.25) is 0 Å². The van der Waals surface area contributed by atoms with Crippen LogP contribution in [0.1, 0.15) is 43.0 Å². The minimum atomic E-state index is -0.559. The summed E-state index contributed by atoms with van der Waals surface area (Å²) < 4.78 is 20.0. The van der Waals surface area contributed by atoms with Crippen molar-refractivity contribution in [3.8, 4) is 5.75 Å². The SMILES string of the molecule is CC(=O)O[C@@H](CC[C@H]1C(=O)N(c2ccc(O)cc2)[C@@H]1c1ccc(I)cc1)c1ccc(F)cc1. The first-order valence-corrected chi connectivity index (χ1v) is 11.7. The average Bonchev–Trinajstić information content (AvgIpc) is 2.79. The van der Waals surface area contributed by atoms with E-state index in [-0.39, 0.29) is 29.4 Å². The van der Waals surface area contributed by atoms with Gasteiger partial charge in [0.2, 0.25) is 5.91 Å². The molecule has 0 radical (unpaired) electrons. The minimum Gasteiger partial charge on any atom is -0.508 e. The van der Waals surface area contributed by atoms with Gasteiger partial charge in [-0.3, -0.25) is 9.59 Å². The first-order valence-electron chi connectivity index (χ1n) is 10.6. The number of phenols is 1. The summed E-state index contributed by atoms with van der Waals surface area (Å²) in [5.74, 6) is -0.970. The summed E-state index contributed by atoms with van der Waals surface area (Å²) in [5.41, 5.74) is 2.42. The molecule has 0 spiro atoms. The molecule has 1 aliphatic heterocycles. The second-order valence-corrected chi connectivity index (χ2v) is 9.30. The lowest BCUT2D eigenvalue weighted by Gasteiger charge is -2.48. The van der Waals surface area contributed by atoms with Gasteiger partial charge in [0.1, 0.15) is 17.7 Å². The van der Waals surface area contributed by atoms with E-state index in [1.54, 1.807) is 41.3 Å². The summed E-state index contributed by atoms with van der Waals surface area (Å²) in [7, 11) is 0. The number of carbonyl (C=O) groups excluding carboxylic acids is 2. The maximum Gasteiger partial charge on any atom is 0.303 e. The zero-order valence-electron chi connectivity index (χ0n) is 17.9. The smallest absolute Gasteiger partial charge is 0.303 e. The van der Waals surface area contributed by atoms with Crippen LogP contribution in [0.3, 0.4) is 0 Å². The number of halogens is 2. The highest BCUT2D eigenvalue weighted by atomic mass is 127. The third-order valence-electron chi connectivity index (χ3n) is 5.84. The molecule has 3 aromatic carbocycles. The molecule has 170 valence electrons. The Morgan fingerprint density at radius 1 is 1.06 bits per heavy atom. The molecule has 1 saturated heterocycles. The highest BCUT2D eigenvalue weighted by Gasteiger charge is 2.48. The topological polar surface area (TPSA) is 66.8 Å². The Hall–Kier alpha value is -2.94. The number of rotatable bonds is 7. The van der Waals surface area contributed by atoms with Crippen LogP contribution >= 0.6 is 22.6 Å². The second-order valence-electron chi connectivity index (χ2n) is 8.05. The molecule has 0 aromatic heterocycles. The second kappa shape index (κ2) is 9.91. The van der Waals surface area contributed by atoms with Crippen LogP contribution in [-0.2, 0) is 14.3 Å². The Balaban J connectivity index is 1.58. The van der Waals surface area contributed by atoms with Gasteiger partial charge in [0.25, 0.3) is 0 Å². The number of ether oxygens (including phenoxy) is 1. The molecule has 0 bridgehead atoms. The van der Waals surface area contributed by atoms with Crippen molar-refractivity contribution in [3.63, 3.8) is 0 Å². The number of aromatic hydroxyl groups is 1. The Morgan fingerprint density at radius 3 is 2.30 bits per heavy atom. The van der Waals surface area contributed by atoms with Crippen molar-refractivity contribution in [2.75, 3.05) is 4.90 Å². The van der Waals surface area contributed by atoms with Crippen LogP contribution in [0.4, 0.5) is 10.1 Å². The summed E-state index contributed by atoms with van der Waals surface area (Å²) >= 11 is 2.24. The van der Waals surface area contributed by atoms with Crippen LogP contribution in [0.5, 0.6) is 5.75 Å². The zero-order chi connectivity index (χ0) is 23.5. The van der Waals surface area contributed by atoms with Crippen molar-refractivity contribution in [1.82, 2.24) is 0 Å². The van der Waals surface area contributed by atoms with E-state index in [1.807, 2.05) is 24.3 Å². The zero-order valence-corrected chi connectivity index (χ0v) is 20.1. The molecule has 0 saturated carbocycles. The first-order chi connectivity index (χ1) is 15.8. The highest BCUT2D eigenvalue weighted by molar-refractivity contribution is 14.1. The molecule has 4 rings (SSSR count). The fourth-order valence-electron chi connectivity index (χ4n) is 4.27. The Morgan fingerprint density at radius 2 is 1.70 bits per heavy atom. The molecule has 0 aliphatic carbocycles. The molecule has 7 heteroatoms. The molecule has 1 fully saturated rings. The summed E-state index contributed by atoms with van der Waals surface area (Å²) in [6.45, 7) is 1.34. The lowest BCUT2D eigenvalue weighted by molar-refractivity contribution is -0.147. The number of hydrogen-bond acceptors (Lipinski definition) is 4. The summed E-state index contributed by atoms with van der Waals surface area (Å²) in [6, 6.07) is 20.3. The van der Waals surface area contributed by atoms with E-state index in [0.717, 1.165) is 9.13 Å². The molecule has 1 heterocycles. The molecular formula is C26H23FINO4. The van der Waals surface area contributed by atoms with Gasteiger partial charge in [0, 0.05) is 16.2 Å². The van der Waals surface area contributed by atoms with Crippen LogP contribution in [-0.4, -0.2) is 17.0 Å². The van der Waals surface area contributed by atoms with Gasteiger partial charge in [-0.05, 0) is 95.1 Å². The number of anilines is 1. The lowest BCUT2D eigenvalue weighted by atomic mass is 9.78. The van der Waals surface area contributed by atoms with Gasteiger partial charge < -0.3 is 14.7 Å². The Labute approximate surface area is 205 Å². The molecular weight excluding hydrogens is 536 g/mol. The average molecular weight is 559 g/mol. The van der Waals surface area contributed by atoms with Crippen molar-refractivity contribution in [2.24, 2.45) is 5.92 Å². The molecule has 0 unspecified atom stereocenters. The third-order valence-corrected chi connectivity index (χ3v) is 6.56. The molecule has 1 amide bonds. The quantitative estimate of drug-likeness (QED) is 0.222. The Bertz CT molecular complexity index is 1130. The number of nitrogens with zero attached hydrogens (tertiary/aromatic N) is 1. The van der Waals surface area contributed by atoms with E-state index in [4.69, 9.17) is 4.74 Å². The molecule has 5 nitrogen and oxygen atoms in total. The number of amides is 1. The molecule has 33 heavy (non-hydrogen) atoms. The predicted molar refractivity (Wildman–Crippen MR) is 131 cm³/mol. The fraction of sp³-hybridized carbons (Fsp3) is 0.231. The fourth-order valence-corrected chi connectivity index (χ4v) is 4.63.